The molecule has 1 atom stereocenters. The van der Waals surface area contributed by atoms with Crippen LogP contribution in [0.1, 0.15) is 12.5 Å². The average molecular weight is 239 g/mol. The normalized spacial score (nSPS) is 19.2. The Hall–Kier alpha value is -1.95. The van der Waals surface area contributed by atoms with Crippen molar-refractivity contribution in [3.63, 3.8) is 0 Å². The summed E-state index contributed by atoms with van der Waals surface area (Å²) in [7, 11) is 0. The quantitative estimate of drug-likeness (QED) is 0.402. The van der Waals surface area contributed by atoms with Crippen LogP contribution in [-0.2, 0) is 0 Å². The van der Waals surface area contributed by atoms with Crippen molar-refractivity contribution in [1.82, 2.24) is 0 Å². The van der Waals surface area contributed by atoms with Gasteiger partial charge in [-0.15, -0.1) is 0 Å². The topological polar surface area (TPSA) is 91.5 Å². The first-order chi connectivity index (χ1) is 8.17. The third-order valence-corrected chi connectivity index (χ3v) is 2.55. The summed E-state index contributed by atoms with van der Waals surface area (Å²) in [5.41, 5.74) is 0.619. The number of rotatable bonds is 2. The van der Waals surface area contributed by atoms with E-state index in [1.54, 1.807) is 19.1 Å². The van der Waals surface area contributed by atoms with Crippen molar-refractivity contribution in [2.75, 3.05) is 13.2 Å². The van der Waals surface area contributed by atoms with Crippen molar-refractivity contribution in [1.29, 1.82) is 0 Å². The Kier molecular flexibility index (Phi) is 3.06. The van der Waals surface area contributed by atoms with Crippen LogP contribution < -0.4 is 9.47 Å². The molecule has 2 rings (SSSR count). The lowest BCUT2D eigenvalue weighted by molar-refractivity contribution is 0.0431. The molecule has 17 heavy (non-hydrogen) atoms. The molecule has 6 heteroatoms. The van der Waals surface area contributed by atoms with Gasteiger partial charge in [0.25, 0.3) is 0 Å². The van der Waals surface area contributed by atoms with E-state index in [1.165, 1.54) is 0 Å². The third-order valence-electron chi connectivity index (χ3n) is 2.55. The number of aromatic hydroxyl groups is 1. The number of aliphatic hydroxyl groups is 1. The van der Waals surface area contributed by atoms with Gasteiger partial charge in [-0.2, -0.15) is 0 Å². The molecular formula is C11H13NO5. The number of nitrogens with zero attached hydrogens (tertiary/aromatic N) is 1. The minimum absolute atomic E-state index is 0.157. The standard InChI is InChI=1S/C11H13NO5/c1-6(12-15)8-2-3-9-11(10(8)14)17-7(4-13)5-16-9/h2-3,7,13-15H,4-5H2,1H3/b12-6-. The molecule has 1 heterocycles. The molecule has 0 aromatic heterocycles. The van der Waals surface area contributed by atoms with Gasteiger partial charge in [-0.3, -0.25) is 0 Å². The molecule has 3 N–H and O–H groups in total. The first-order valence-electron chi connectivity index (χ1n) is 5.12. The molecule has 1 aliphatic rings. The average Bonchev–Trinajstić information content (AvgIpc) is 2.38. The molecule has 1 aromatic carbocycles. The van der Waals surface area contributed by atoms with Gasteiger partial charge in [-0.25, -0.2) is 0 Å². The van der Waals surface area contributed by atoms with Gasteiger partial charge in [0.2, 0.25) is 5.75 Å². The van der Waals surface area contributed by atoms with Crippen molar-refractivity contribution < 1.29 is 24.9 Å². The van der Waals surface area contributed by atoms with Gasteiger partial charge in [0.1, 0.15) is 6.61 Å². The molecule has 92 valence electrons. The second kappa shape index (κ2) is 4.50. The number of phenols is 1. The SMILES string of the molecule is C/C(=N/O)c1ccc2c(c1O)OC(CO)CO2. The number of phenolic OH excluding ortho intramolecular Hbond substituents is 1. The van der Waals surface area contributed by atoms with Gasteiger partial charge in [0, 0.05) is 5.56 Å². The fourth-order valence-electron chi connectivity index (χ4n) is 1.60. The maximum atomic E-state index is 9.97. The zero-order valence-corrected chi connectivity index (χ0v) is 9.25. The highest BCUT2D eigenvalue weighted by Gasteiger charge is 2.25. The predicted octanol–water partition coefficient (Wildman–Crippen LogP) is 0.722. The van der Waals surface area contributed by atoms with E-state index < -0.39 is 6.10 Å². The number of oxime groups is 1. The van der Waals surface area contributed by atoms with Crippen LogP contribution >= 0.6 is 0 Å². The Morgan fingerprint density at radius 2 is 2.29 bits per heavy atom. The zero-order valence-electron chi connectivity index (χ0n) is 9.25. The monoisotopic (exact) mass is 239 g/mol. The van der Waals surface area contributed by atoms with Crippen molar-refractivity contribution in [2.24, 2.45) is 5.16 Å². The molecule has 0 saturated carbocycles. The van der Waals surface area contributed by atoms with Gasteiger partial charge >= 0.3 is 0 Å². The summed E-state index contributed by atoms with van der Waals surface area (Å²) in [4.78, 5) is 0. The van der Waals surface area contributed by atoms with Crippen LogP contribution in [0.3, 0.4) is 0 Å². The minimum atomic E-state index is -0.505. The fraction of sp³-hybridized carbons (Fsp3) is 0.364. The van der Waals surface area contributed by atoms with Crippen molar-refractivity contribution in [3.8, 4) is 17.2 Å². The van der Waals surface area contributed by atoms with Crippen LogP contribution in [0.15, 0.2) is 17.3 Å². The molecule has 0 saturated heterocycles. The highest BCUT2D eigenvalue weighted by atomic mass is 16.6. The van der Waals surface area contributed by atoms with Gasteiger partial charge in [-0.05, 0) is 19.1 Å². The summed E-state index contributed by atoms with van der Waals surface area (Å²) in [5.74, 6) is 0.411. The van der Waals surface area contributed by atoms with E-state index in [4.69, 9.17) is 19.8 Å². The summed E-state index contributed by atoms with van der Waals surface area (Å²) in [6, 6.07) is 3.19. The third kappa shape index (κ3) is 1.99. The Labute approximate surface area is 97.7 Å². The molecule has 6 nitrogen and oxygen atoms in total. The van der Waals surface area contributed by atoms with E-state index in [0.29, 0.717) is 11.3 Å². The van der Waals surface area contributed by atoms with Gasteiger partial charge in [0.15, 0.2) is 17.6 Å². The van der Waals surface area contributed by atoms with Crippen molar-refractivity contribution >= 4 is 5.71 Å². The van der Waals surface area contributed by atoms with Crippen molar-refractivity contribution in [3.05, 3.63) is 17.7 Å². The van der Waals surface area contributed by atoms with Gasteiger partial charge in [-0.1, -0.05) is 5.16 Å². The number of hydrogen-bond acceptors (Lipinski definition) is 6. The summed E-state index contributed by atoms with van der Waals surface area (Å²) in [5, 5.41) is 30.7. The lowest BCUT2D eigenvalue weighted by Gasteiger charge is -2.26. The predicted molar refractivity (Wildman–Crippen MR) is 59.1 cm³/mol. The lowest BCUT2D eigenvalue weighted by atomic mass is 10.1. The minimum Gasteiger partial charge on any atom is -0.504 e. The molecule has 1 aliphatic heterocycles. The zero-order chi connectivity index (χ0) is 12.4. The Balaban J connectivity index is 2.44. The van der Waals surface area contributed by atoms with E-state index in [0.717, 1.165) is 0 Å². The number of benzene rings is 1. The Morgan fingerprint density at radius 3 is 2.94 bits per heavy atom. The number of hydrogen-bond donors (Lipinski definition) is 3. The second-order valence-corrected chi connectivity index (χ2v) is 3.71. The van der Waals surface area contributed by atoms with E-state index in [1.807, 2.05) is 0 Å². The molecule has 1 aromatic rings. The molecule has 1 unspecified atom stereocenters. The summed E-state index contributed by atoms with van der Waals surface area (Å²) in [6.07, 6.45) is -0.505. The summed E-state index contributed by atoms with van der Waals surface area (Å²) < 4.78 is 10.7. The Bertz CT molecular complexity index is 457. The largest absolute Gasteiger partial charge is 0.504 e. The second-order valence-electron chi connectivity index (χ2n) is 3.71. The molecule has 0 spiro atoms. The van der Waals surface area contributed by atoms with Crippen LogP contribution in [0.25, 0.3) is 0 Å². The molecule has 0 fully saturated rings. The van der Waals surface area contributed by atoms with Gasteiger partial charge in [0.05, 0.1) is 12.3 Å². The van der Waals surface area contributed by atoms with Gasteiger partial charge < -0.3 is 24.9 Å². The van der Waals surface area contributed by atoms with Crippen LogP contribution in [0, 0.1) is 0 Å². The molecule has 0 bridgehead atoms. The first kappa shape index (κ1) is 11.5. The van der Waals surface area contributed by atoms with E-state index in [9.17, 15) is 5.11 Å². The van der Waals surface area contributed by atoms with Crippen LogP contribution in [0.2, 0.25) is 0 Å². The van der Waals surface area contributed by atoms with Crippen molar-refractivity contribution in [2.45, 2.75) is 13.0 Å². The van der Waals surface area contributed by atoms with Crippen LogP contribution in [-0.4, -0.2) is 40.4 Å². The maximum absolute atomic E-state index is 9.97. The smallest absolute Gasteiger partial charge is 0.204 e. The number of fused-ring (bicyclic) bond motifs is 1. The molecule has 0 aliphatic carbocycles. The molecule has 0 amide bonds. The van der Waals surface area contributed by atoms with Crippen LogP contribution in [0.5, 0.6) is 17.2 Å². The lowest BCUT2D eigenvalue weighted by Crippen LogP contribution is -2.32. The molecule has 0 radical (unpaired) electrons. The van der Waals surface area contributed by atoms with E-state index in [2.05, 4.69) is 5.16 Å². The van der Waals surface area contributed by atoms with E-state index in [-0.39, 0.29) is 30.4 Å². The van der Waals surface area contributed by atoms with E-state index >= 15 is 0 Å². The number of ether oxygens (including phenoxy) is 2. The maximum Gasteiger partial charge on any atom is 0.204 e. The Morgan fingerprint density at radius 1 is 1.53 bits per heavy atom. The first-order valence-corrected chi connectivity index (χ1v) is 5.12. The van der Waals surface area contributed by atoms with Crippen LogP contribution in [0.4, 0.5) is 0 Å². The summed E-state index contributed by atoms with van der Waals surface area (Å²) >= 11 is 0. The summed E-state index contributed by atoms with van der Waals surface area (Å²) in [6.45, 7) is 1.58. The molecular weight excluding hydrogens is 226 g/mol. The number of aliphatic hydroxyl groups excluding tert-OH is 1. The highest BCUT2D eigenvalue weighted by Crippen LogP contribution is 2.42. The highest BCUT2D eigenvalue weighted by molar-refractivity contribution is 6.01. The fourth-order valence-corrected chi connectivity index (χ4v) is 1.60.